The fourth-order valence-electron chi connectivity index (χ4n) is 2.03. The first-order chi connectivity index (χ1) is 9.22. The summed E-state index contributed by atoms with van der Waals surface area (Å²) in [6, 6.07) is 11.7. The Morgan fingerprint density at radius 1 is 1.21 bits per heavy atom. The van der Waals surface area contributed by atoms with Crippen LogP contribution in [0.2, 0.25) is 0 Å². The zero-order chi connectivity index (χ0) is 13.7. The first kappa shape index (κ1) is 13.1. The summed E-state index contributed by atoms with van der Waals surface area (Å²) < 4.78 is 5.32. The minimum atomic E-state index is -0.970. The Hall–Kier alpha value is -2.29. The van der Waals surface area contributed by atoms with Crippen molar-refractivity contribution in [3.05, 3.63) is 54.1 Å². The van der Waals surface area contributed by atoms with Crippen LogP contribution in [0.3, 0.4) is 0 Å². The number of carboxylic acids is 1. The second-order valence-corrected chi connectivity index (χ2v) is 4.22. The Labute approximate surface area is 112 Å². The van der Waals surface area contributed by atoms with Crippen molar-refractivity contribution in [2.45, 2.75) is 13.3 Å². The van der Waals surface area contributed by atoms with Crippen molar-refractivity contribution in [1.82, 2.24) is 0 Å². The molecule has 3 heteroatoms. The van der Waals surface area contributed by atoms with E-state index in [-0.39, 0.29) is 6.61 Å². The first-order valence-electron chi connectivity index (χ1n) is 6.18. The lowest BCUT2D eigenvalue weighted by Gasteiger charge is -2.10. The summed E-state index contributed by atoms with van der Waals surface area (Å²) in [6.07, 6.45) is 4.97. The average molecular weight is 256 g/mol. The lowest BCUT2D eigenvalue weighted by Crippen LogP contribution is -2.09. The van der Waals surface area contributed by atoms with E-state index in [1.165, 1.54) is 5.56 Å². The smallest absolute Gasteiger partial charge is 0.341 e. The molecule has 0 saturated carbocycles. The van der Waals surface area contributed by atoms with Gasteiger partial charge in [-0.05, 0) is 30.4 Å². The van der Waals surface area contributed by atoms with E-state index in [1.807, 2.05) is 37.3 Å². The third kappa shape index (κ3) is 3.13. The van der Waals surface area contributed by atoms with Gasteiger partial charge in [0.2, 0.25) is 0 Å². The highest BCUT2D eigenvalue weighted by molar-refractivity contribution is 5.91. The molecule has 0 radical (unpaired) electrons. The molecule has 0 spiro atoms. The van der Waals surface area contributed by atoms with Crippen molar-refractivity contribution in [2.24, 2.45) is 0 Å². The van der Waals surface area contributed by atoms with E-state index < -0.39 is 5.97 Å². The maximum atomic E-state index is 10.6. The lowest BCUT2D eigenvalue weighted by atomic mass is 10.0. The van der Waals surface area contributed by atoms with Crippen molar-refractivity contribution in [2.75, 3.05) is 6.61 Å². The molecule has 2 aromatic carbocycles. The molecular weight excluding hydrogens is 240 g/mol. The SMILES string of the molecule is C/C=C/Cc1cccc2c(OCC(=O)O)cccc12. The number of aliphatic carboxylic acids is 1. The quantitative estimate of drug-likeness (QED) is 0.834. The zero-order valence-electron chi connectivity index (χ0n) is 10.8. The highest BCUT2D eigenvalue weighted by Crippen LogP contribution is 2.28. The van der Waals surface area contributed by atoms with Crippen LogP contribution in [0.15, 0.2) is 48.6 Å². The van der Waals surface area contributed by atoms with E-state index in [2.05, 4.69) is 12.1 Å². The van der Waals surface area contributed by atoms with E-state index in [0.29, 0.717) is 5.75 Å². The number of carboxylic acid groups (broad SMARTS) is 1. The number of hydrogen-bond donors (Lipinski definition) is 1. The molecule has 0 unspecified atom stereocenters. The molecule has 0 atom stereocenters. The minimum Gasteiger partial charge on any atom is -0.481 e. The molecule has 2 aromatic rings. The number of rotatable bonds is 5. The van der Waals surface area contributed by atoms with Crippen molar-refractivity contribution < 1.29 is 14.6 Å². The van der Waals surface area contributed by atoms with Crippen LogP contribution in [0.4, 0.5) is 0 Å². The zero-order valence-corrected chi connectivity index (χ0v) is 10.8. The van der Waals surface area contributed by atoms with Crippen molar-refractivity contribution in [1.29, 1.82) is 0 Å². The number of fused-ring (bicyclic) bond motifs is 1. The van der Waals surface area contributed by atoms with Crippen molar-refractivity contribution in [3.63, 3.8) is 0 Å². The molecular formula is C16H16O3. The highest BCUT2D eigenvalue weighted by Gasteiger charge is 2.06. The van der Waals surface area contributed by atoms with Crippen LogP contribution in [0.1, 0.15) is 12.5 Å². The first-order valence-corrected chi connectivity index (χ1v) is 6.18. The number of benzene rings is 2. The Morgan fingerprint density at radius 2 is 1.95 bits per heavy atom. The molecule has 0 fully saturated rings. The minimum absolute atomic E-state index is 0.321. The van der Waals surface area contributed by atoms with E-state index >= 15 is 0 Å². The third-order valence-electron chi connectivity index (χ3n) is 2.90. The van der Waals surface area contributed by atoms with E-state index in [9.17, 15) is 4.79 Å². The predicted octanol–water partition coefficient (Wildman–Crippen LogP) is 3.42. The normalized spacial score (nSPS) is 11.0. The molecule has 2 rings (SSSR count). The van der Waals surface area contributed by atoms with Gasteiger partial charge in [0, 0.05) is 5.39 Å². The van der Waals surface area contributed by atoms with Gasteiger partial charge in [-0.3, -0.25) is 0 Å². The van der Waals surface area contributed by atoms with Gasteiger partial charge in [-0.25, -0.2) is 4.79 Å². The molecule has 1 N–H and O–H groups in total. The molecule has 19 heavy (non-hydrogen) atoms. The molecule has 0 aliphatic rings. The molecule has 98 valence electrons. The Kier molecular flexibility index (Phi) is 4.18. The number of carbonyl (C=O) groups is 1. The van der Waals surface area contributed by atoms with E-state index in [0.717, 1.165) is 17.2 Å². The van der Waals surface area contributed by atoms with Crippen LogP contribution < -0.4 is 4.74 Å². The monoisotopic (exact) mass is 256 g/mol. The maximum Gasteiger partial charge on any atom is 0.341 e. The van der Waals surface area contributed by atoms with Gasteiger partial charge in [-0.15, -0.1) is 0 Å². The van der Waals surface area contributed by atoms with Gasteiger partial charge in [0.1, 0.15) is 5.75 Å². The van der Waals surface area contributed by atoms with Crippen molar-refractivity contribution in [3.8, 4) is 5.75 Å². The van der Waals surface area contributed by atoms with Crippen LogP contribution in [0.25, 0.3) is 10.8 Å². The number of ether oxygens (including phenoxy) is 1. The van der Waals surface area contributed by atoms with Crippen LogP contribution in [0.5, 0.6) is 5.75 Å². The van der Waals surface area contributed by atoms with Gasteiger partial charge in [0.25, 0.3) is 0 Å². The summed E-state index contributed by atoms with van der Waals surface area (Å²) in [6.45, 7) is 1.67. The summed E-state index contributed by atoms with van der Waals surface area (Å²) in [7, 11) is 0. The van der Waals surface area contributed by atoms with E-state index in [4.69, 9.17) is 9.84 Å². The van der Waals surface area contributed by atoms with Gasteiger partial charge >= 0.3 is 5.97 Å². The second-order valence-electron chi connectivity index (χ2n) is 4.22. The van der Waals surface area contributed by atoms with Crippen LogP contribution >= 0.6 is 0 Å². The summed E-state index contributed by atoms with van der Waals surface area (Å²) in [5.74, 6) is -0.357. The number of hydrogen-bond acceptors (Lipinski definition) is 2. The molecule has 3 nitrogen and oxygen atoms in total. The second kappa shape index (κ2) is 6.05. The Bertz CT molecular complexity index is 614. The largest absolute Gasteiger partial charge is 0.481 e. The van der Waals surface area contributed by atoms with Gasteiger partial charge in [-0.2, -0.15) is 0 Å². The van der Waals surface area contributed by atoms with Crippen LogP contribution in [0, 0.1) is 0 Å². The molecule has 0 heterocycles. The fraction of sp³-hybridized carbons (Fsp3) is 0.188. The maximum absolute atomic E-state index is 10.6. The molecule has 0 aromatic heterocycles. The predicted molar refractivity (Wildman–Crippen MR) is 75.6 cm³/mol. The molecule has 0 bridgehead atoms. The Balaban J connectivity index is 2.41. The van der Waals surface area contributed by atoms with Crippen LogP contribution in [-0.4, -0.2) is 17.7 Å². The highest BCUT2D eigenvalue weighted by atomic mass is 16.5. The van der Waals surface area contributed by atoms with E-state index in [1.54, 1.807) is 6.07 Å². The molecule has 0 aliphatic heterocycles. The topological polar surface area (TPSA) is 46.5 Å². The van der Waals surface area contributed by atoms with Crippen molar-refractivity contribution >= 4 is 16.7 Å². The summed E-state index contributed by atoms with van der Waals surface area (Å²) in [5.41, 5.74) is 1.20. The van der Waals surface area contributed by atoms with Crippen LogP contribution in [-0.2, 0) is 11.2 Å². The summed E-state index contributed by atoms with van der Waals surface area (Å²) >= 11 is 0. The lowest BCUT2D eigenvalue weighted by molar-refractivity contribution is -0.139. The summed E-state index contributed by atoms with van der Waals surface area (Å²) in [4.78, 5) is 10.6. The van der Waals surface area contributed by atoms with Gasteiger partial charge in [-0.1, -0.05) is 42.5 Å². The average Bonchev–Trinajstić information content (AvgIpc) is 2.42. The third-order valence-corrected chi connectivity index (χ3v) is 2.90. The fourth-order valence-corrected chi connectivity index (χ4v) is 2.03. The molecule has 0 amide bonds. The standard InChI is InChI=1S/C16H16O3/c1-2-3-6-12-7-4-9-14-13(12)8-5-10-15(14)19-11-16(17)18/h2-5,7-10H,6,11H2,1H3,(H,17,18)/b3-2+. The molecule has 0 aliphatic carbocycles. The Morgan fingerprint density at radius 3 is 2.68 bits per heavy atom. The van der Waals surface area contributed by atoms with Gasteiger partial charge < -0.3 is 9.84 Å². The molecule has 0 saturated heterocycles. The summed E-state index contributed by atoms with van der Waals surface area (Å²) in [5, 5.41) is 10.7. The van der Waals surface area contributed by atoms with Gasteiger partial charge in [0.05, 0.1) is 0 Å². The number of allylic oxidation sites excluding steroid dienone is 2. The van der Waals surface area contributed by atoms with Gasteiger partial charge in [0.15, 0.2) is 6.61 Å².